The number of nitrogens with zero attached hydrogens (tertiary/aromatic N) is 1. The normalized spacial score (nSPS) is 21.1. The number of ether oxygens (including phenoxy) is 2. The summed E-state index contributed by atoms with van der Waals surface area (Å²) < 4.78 is 38.7. The first kappa shape index (κ1) is 22.6. The molecule has 7 nitrogen and oxygen atoms in total. The average molecular weight is 459 g/mol. The molecule has 0 unspecified atom stereocenters. The Balaban J connectivity index is 1.24. The van der Waals surface area contributed by atoms with E-state index in [2.05, 4.69) is 5.32 Å². The van der Waals surface area contributed by atoms with Crippen LogP contribution in [0.3, 0.4) is 0 Å². The van der Waals surface area contributed by atoms with Gasteiger partial charge in [0, 0.05) is 13.1 Å². The van der Waals surface area contributed by atoms with Gasteiger partial charge in [-0.2, -0.15) is 0 Å². The molecule has 1 N–H and O–H groups in total. The van der Waals surface area contributed by atoms with Gasteiger partial charge in [0.05, 0.1) is 18.2 Å². The number of hydrogen-bond acceptors (Lipinski definition) is 5. The van der Waals surface area contributed by atoms with Crippen molar-refractivity contribution in [2.75, 3.05) is 32.0 Å². The summed E-state index contributed by atoms with van der Waals surface area (Å²) in [6.45, 7) is 1.41. The fourth-order valence-electron chi connectivity index (χ4n) is 4.16. The van der Waals surface area contributed by atoms with E-state index in [1.54, 1.807) is 0 Å². The molecule has 0 radical (unpaired) electrons. The molecule has 4 rings (SSSR count). The van der Waals surface area contributed by atoms with Crippen molar-refractivity contribution < 1.29 is 22.7 Å². The molecule has 2 atom stereocenters. The van der Waals surface area contributed by atoms with Crippen LogP contribution in [0.2, 0.25) is 0 Å². The van der Waals surface area contributed by atoms with E-state index in [-0.39, 0.29) is 30.2 Å². The van der Waals surface area contributed by atoms with Gasteiger partial charge in [-0.1, -0.05) is 42.5 Å². The average Bonchev–Trinajstić information content (AvgIpc) is 2.83. The van der Waals surface area contributed by atoms with Crippen LogP contribution in [0.15, 0.2) is 54.6 Å². The van der Waals surface area contributed by atoms with Gasteiger partial charge < -0.3 is 14.8 Å². The molecule has 172 valence electrons. The van der Waals surface area contributed by atoms with E-state index in [9.17, 15) is 13.2 Å². The molecule has 32 heavy (non-hydrogen) atoms. The molecule has 2 aromatic carbocycles. The molecule has 1 fully saturated rings. The maximum atomic E-state index is 12.8. The quantitative estimate of drug-likeness (QED) is 0.657. The standard InChI is InChI=1S/C24H30N2O5S/c27-24(25-16-21-18-30-22-12-4-5-13-23(22)31-21)20-11-6-14-26(17-20)32(28,29)15-7-10-19-8-2-1-3-9-19/h1-5,8-9,12-13,20-21H,6-7,10-11,14-18H2,(H,25,27)/t20-,21-/m1/s1. The number of benzene rings is 2. The topological polar surface area (TPSA) is 84.9 Å². The second-order valence-electron chi connectivity index (χ2n) is 8.35. The summed E-state index contributed by atoms with van der Waals surface area (Å²) in [5, 5.41) is 2.92. The summed E-state index contributed by atoms with van der Waals surface area (Å²) in [7, 11) is -3.38. The molecule has 2 heterocycles. The van der Waals surface area contributed by atoms with Gasteiger partial charge in [-0.3, -0.25) is 4.79 Å². The van der Waals surface area contributed by atoms with E-state index in [0.717, 1.165) is 12.0 Å². The summed E-state index contributed by atoms with van der Waals surface area (Å²) >= 11 is 0. The van der Waals surface area contributed by atoms with Crippen molar-refractivity contribution >= 4 is 15.9 Å². The van der Waals surface area contributed by atoms with Crippen molar-refractivity contribution in [1.29, 1.82) is 0 Å². The summed E-state index contributed by atoms with van der Waals surface area (Å²) in [6.07, 6.45) is 2.40. The smallest absolute Gasteiger partial charge is 0.224 e. The molecule has 0 aromatic heterocycles. The molecule has 2 aromatic rings. The van der Waals surface area contributed by atoms with Crippen LogP contribution in [0.1, 0.15) is 24.8 Å². The first-order valence-electron chi connectivity index (χ1n) is 11.2. The highest BCUT2D eigenvalue weighted by molar-refractivity contribution is 7.89. The van der Waals surface area contributed by atoms with Crippen molar-refractivity contribution in [3.8, 4) is 11.5 Å². The molecular weight excluding hydrogens is 428 g/mol. The van der Waals surface area contributed by atoms with E-state index >= 15 is 0 Å². The third-order valence-corrected chi connectivity index (χ3v) is 7.85. The number of piperidine rings is 1. The second kappa shape index (κ2) is 10.4. The fraction of sp³-hybridized carbons (Fsp3) is 0.458. The highest BCUT2D eigenvalue weighted by atomic mass is 32.2. The number of amides is 1. The molecule has 1 amide bonds. The summed E-state index contributed by atoms with van der Waals surface area (Å²) in [5.41, 5.74) is 1.13. The van der Waals surface area contributed by atoms with Crippen LogP contribution in [-0.2, 0) is 21.2 Å². The lowest BCUT2D eigenvalue weighted by molar-refractivity contribution is -0.126. The minimum Gasteiger partial charge on any atom is -0.486 e. The summed E-state index contributed by atoms with van der Waals surface area (Å²) in [6, 6.07) is 17.3. The highest BCUT2D eigenvalue weighted by Crippen LogP contribution is 2.30. The van der Waals surface area contributed by atoms with E-state index in [1.807, 2.05) is 54.6 Å². The third-order valence-electron chi connectivity index (χ3n) is 5.93. The maximum absolute atomic E-state index is 12.8. The van der Waals surface area contributed by atoms with Crippen LogP contribution in [0, 0.1) is 5.92 Å². The van der Waals surface area contributed by atoms with Crippen molar-refractivity contribution in [3.63, 3.8) is 0 Å². The Hall–Kier alpha value is -2.58. The van der Waals surface area contributed by atoms with Crippen LogP contribution < -0.4 is 14.8 Å². The van der Waals surface area contributed by atoms with Crippen LogP contribution in [-0.4, -0.2) is 56.7 Å². The maximum Gasteiger partial charge on any atom is 0.224 e. The Morgan fingerprint density at radius 3 is 2.62 bits per heavy atom. The van der Waals surface area contributed by atoms with Gasteiger partial charge in [-0.25, -0.2) is 12.7 Å². The minimum absolute atomic E-state index is 0.100. The van der Waals surface area contributed by atoms with Gasteiger partial charge in [-0.15, -0.1) is 0 Å². The van der Waals surface area contributed by atoms with Crippen molar-refractivity contribution in [2.24, 2.45) is 5.92 Å². The molecule has 0 spiro atoms. The summed E-state index contributed by atoms with van der Waals surface area (Å²) in [5.74, 6) is 1.00. The highest BCUT2D eigenvalue weighted by Gasteiger charge is 2.32. The van der Waals surface area contributed by atoms with Crippen molar-refractivity contribution in [1.82, 2.24) is 9.62 Å². The largest absolute Gasteiger partial charge is 0.486 e. The monoisotopic (exact) mass is 458 g/mol. The molecule has 0 bridgehead atoms. The van der Waals surface area contributed by atoms with Gasteiger partial charge in [0.15, 0.2) is 11.5 Å². The first-order chi connectivity index (χ1) is 15.5. The second-order valence-corrected chi connectivity index (χ2v) is 10.4. The van der Waals surface area contributed by atoms with Crippen molar-refractivity contribution in [2.45, 2.75) is 31.8 Å². The Kier molecular flexibility index (Phi) is 7.32. The Morgan fingerprint density at radius 2 is 1.81 bits per heavy atom. The number of hydrogen-bond donors (Lipinski definition) is 1. The van der Waals surface area contributed by atoms with Gasteiger partial charge in [-0.05, 0) is 43.4 Å². The number of aryl methyl sites for hydroxylation is 1. The van der Waals surface area contributed by atoms with E-state index in [0.29, 0.717) is 50.5 Å². The Morgan fingerprint density at radius 1 is 1.06 bits per heavy atom. The lowest BCUT2D eigenvalue weighted by Gasteiger charge is -2.32. The Labute approximate surface area is 189 Å². The lowest BCUT2D eigenvalue weighted by atomic mass is 9.99. The molecule has 0 saturated carbocycles. The zero-order valence-electron chi connectivity index (χ0n) is 18.1. The molecule has 8 heteroatoms. The van der Waals surface area contributed by atoms with Gasteiger partial charge in [0.2, 0.25) is 15.9 Å². The number of para-hydroxylation sites is 2. The number of fused-ring (bicyclic) bond motifs is 1. The number of sulfonamides is 1. The lowest BCUT2D eigenvalue weighted by Crippen LogP contribution is -2.48. The third kappa shape index (κ3) is 5.81. The molecule has 0 aliphatic carbocycles. The molecular formula is C24H30N2O5S. The predicted molar refractivity (Wildman–Crippen MR) is 122 cm³/mol. The SMILES string of the molecule is O=C(NC[C@@H]1COc2ccccc2O1)[C@@H]1CCCN(S(=O)(=O)CCCc2ccccc2)C1. The number of rotatable bonds is 8. The zero-order valence-corrected chi connectivity index (χ0v) is 18.9. The van der Waals surface area contributed by atoms with Gasteiger partial charge in [0.25, 0.3) is 0 Å². The number of carbonyl (C=O) groups excluding carboxylic acids is 1. The van der Waals surface area contributed by atoms with E-state index < -0.39 is 10.0 Å². The van der Waals surface area contributed by atoms with Crippen LogP contribution >= 0.6 is 0 Å². The van der Waals surface area contributed by atoms with Crippen molar-refractivity contribution in [3.05, 3.63) is 60.2 Å². The number of nitrogens with one attached hydrogen (secondary N) is 1. The summed E-state index contributed by atoms with van der Waals surface area (Å²) in [4.78, 5) is 12.7. The molecule has 2 aliphatic heterocycles. The van der Waals surface area contributed by atoms with Crippen LogP contribution in [0.25, 0.3) is 0 Å². The van der Waals surface area contributed by atoms with Gasteiger partial charge >= 0.3 is 0 Å². The van der Waals surface area contributed by atoms with Crippen LogP contribution in [0.5, 0.6) is 11.5 Å². The predicted octanol–water partition coefficient (Wildman–Crippen LogP) is 2.62. The number of carbonyl (C=O) groups is 1. The first-order valence-corrected chi connectivity index (χ1v) is 12.8. The zero-order chi connectivity index (χ0) is 22.4. The van der Waals surface area contributed by atoms with Crippen LogP contribution in [0.4, 0.5) is 0 Å². The van der Waals surface area contributed by atoms with Gasteiger partial charge in [0.1, 0.15) is 12.7 Å². The van der Waals surface area contributed by atoms with E-state index in [4.69, 9.17) is 9.47 Å². The van der Waals surface area contributed by atoms with E-state index in [1.165, 1.54) is 4.31 Å². The Bertz CT molecular complexity index is 1010. The fourth-order valence-corrected chi connectivity index (χ4v) is 5.75. The minimum atomic E-state index is -3.38. The molecule has 1 saturated heterocycles. The molecule has 2 aliphatic rings.